The van der Waals surface area contributed by atoms with Gasteiger partial charge in [-0.15, -0.1) is 0 Å². The largest absolute Gasteiger partial charge is 0.493 e. The minimum absolute atomic E-state index is 0.220. The number of halogens is 1. The van der Waals surface area contributed by atoms with Crippen LogP contribution < -0.4 is 10.5 Å². The lowest BCUT2D eigenvalue weighted by Crippen LogP contribution is -2.04. The molecule has 130 valence electrons. The molecule has 0 aliphatic heterocycles. The third kappa shape index (κ3) is 3.29. The summed E-state index contributed by atoms with van der Waals surface area (Å²) in [5, 5.41) is 9.69. The molecule has 2 aromatic carbocycles. The van der Waals surface area contributed by atoms with E-state index in [9.17, 15) is 5.26 Å². The van der Waals surface area contributed by atoms with Crippen LogP contribution in [0.1, 0.15) is 18.1 Å². The van der Waals surface area contributed by atoms with Gasteiger partial charge in [-0.25, -0.2) is 4.98 Å². The molecule has 0 aliphatic carbocycles. The molecule has 4 nitrogen and oxygen atoms in total. The number of hydrogen-bond donors (Lipinski definition) is 1. The van der Waals surface area contributed by atoms with Gasteiger partial charge in [-0.1, -0.05) is 46.3 Å². The maximum atomic E-state index is 9.69. The first kappa shape index (κ1) is 18.0. The summed E-state index contributed by atoms with van der Waals surface area (Å²) in [7, 11) is 0. The Kier molecular flexibility index (Phi) is 5.24. The molecule has 0 spiro atoms. The number of nitriles is 1. The van der Waals surface area contributed by atoms with Gasteiger partial charge >= 0.3 is 0 Å². The second-order valence-corrected chi connectivity index (χ2v) is 6.68. The van der Waals surface area contributed by atoms with E-state index in [0.29, 0.717) is 12.2 Å². The van der Waals surface area contributed by atoms with E-state index in [-0.39, 0.29) is 5.82 Å². The van der Waals surface area contributed by atoms with Crippen LogP contribution >= 0.6 is 15.9 Å². The average molecular weight is 408 g/mol. The third-order valence-corrected chi connectivity index (χ3v) is 4.68. The van der Waals surface area contributed by atoms with Crippen molar-refractivity contribution in [2.75, 3.05) is 12.3 Å². The number of aromatic nitrogens is 1. The number of hydrogen-bond acceptors (Lipinski definition) is 4. The molecule has 3 aromatic rings. The summed E-state index contributed by atoms with van der Waals surface area (Å²) in [6, 6.07) is 17.8. The topological polar surface area (TPSA) is 71.9 Å². The van der Waals surface area contributed by atoms with Crippen molar-refractivity contribution < 1.29 is 4.74 Å². The van der Waals surface area contributed by atoms with Gasteiger partial charge in [0.25, 0.3) is 0 Å². The zero-order chi connectivity index (χ0) is 18.7. The van der Waals surface area contributed by atoms with Gasteiger partial charge in [-0.3, -0.25) is 0 Å². The second-order valence-electron chi connectivity index (χ2n) is 5.77. The summed E-state index contributed by atoms with van der Waals surface area (Å²) in [6.07, 6.45) is 0. The van der Waals surface area contributed by atoms with Crippen molar-refractivity contribution in [3.63, 3.8) is 0 Å². The molecule has 1 heterocycles. The number of nitrogens with zero attached hydrogens (tertiary/aromatic N) is 2. The van der Waals surface area contributed by atoms with Gasteiger partial charge in [-0.2, -0.15) is 5.26 Å². The fraction of sp³-hybridized carbons (Fsp3) is 0.143. The van der Waals surface area contributed by atoms with Crippen LogP contribution in [0.3, 0.4) is 0 Å². The Morgan fingerprint density at radius 1 is 1.15 bits per heavy atom. The Labute approximate surface area is 161 Å². The SMILES string of the molecule is CCOc1ccccc1-c1c(C)c(-c2ccc(Br)cc2)nc(N)c1C#N. The normalized spacial score (nSPS) is 10.4. The summed E-state index contributed by atoms with van der Waals surface area (Å²) >= 11 is 3.45. The van der Waals surface area contributed by atoms with Crippen molar-refractivity contribution in [1.82, 2.24) is 4.98 Å². The van der Waals surface area contributed by atoms with E-state index in [2.05, 4.69) is 27.0 Å². The lowest BCUT2D eigenvalue weighted by atomic mass is 9.92. The fourth-order valence-electron chi connectivity index (χ4n) is 2.99. The highest BCUT2D eigenvalue weighted by Gasteiger charge is 2.20. The number of pyridine rings is 1. The van der Waals surface area contributed by atoms with E-state index >= 15 is 0 Å². The van der Waals surface area contributed by atoms with Crippen LogP contribution in [0, 0.1) is 18.3 Å². The number of nitrogens with two attached hydrogens (primary N) is 1. The van der Waals surface area contributed by atoms with E-state index in [1.54, 1.807) is 0 Å². The molecule has 0 saturated heterocycles. The number of ether oxygens (including phenoxy) is 1. The molecule has 1 aromatic heterocycles. The lowest BCUT2D eigenvalue weighted by Gasteiger charge is -2.17. The van der Waals surface area contributed by atoms with Gasteiger partial charge in [0.2, 0.25) is 0 Å². The molecule has 0 radical (unpaired) electrons. The van der Waals surface area contributed by atoms with Crippen molar-refractivity contribution in [3.8, 4) is 34.2 Å². The third-order valence-electron chi connectivity index (χ3n) is 4.15. The molecule has 26 heavy (non-hydrogen) atoms. The standard InChI is InChI=1S/C21H18BrN3O/c1-3-26-18-7-5-4-6-16(18)19-13(2)20(25-21(24)17(19)12-23)14-8-10-15(22)11-9-14/h4-11H,3H2,1-2H3,(H2,24,25). The van der Waals surface area contributed by atoms with E-state index in [4.69, 9.17) is 10.5 Å². The summed E-state index contributed by atoms with van der Waals surface area (Å²) in [5.74, 6) is 0.944. The van der Waals surface area contributed by atoms with Gasteiger partial charge in [-0.05, 0) is 37.6 Å². The van der Waals surface area contributed by atoms with Crippen LogP contribution in [-0.4, -0.2) is 11.6 Å². The minimum atomic E-state index is 0.220. The summed E-state index contributed by atoms with van der Waals surface area (Å²) in [4.78, 5) is 4.50. The number of nitrogen functional groups attached to an aromatic ring is 1. The predicted molar refractivity (Wildman–Crippen MR) is 108 cm³/mol. The zero-order valence-corrected chi connectivity index (χ0v) is 16.2. The molecule has 0 atom stereocenters. The van der Waals surface area contributed by atoms with Gasteiger partial charge in [0.1, 0.15) is 23.2 Å². The van der Waals surface area contributed by atoms with Crippen LogP contribution in [0.4, 0.5) is 5.82 Å². The van der Waals surface area contributed by atoms with Crippen LogP contribution in [-0.2, 0) is 0 Å². The number of benzene rings is 2. The average Bonchev–Trinajstić information content (AvgIpc) is 2.65. The molecular formula is C21H18BrN3O. The summed E-state index contributed by atoms with van der Waals surface area (Å²) in [6.45, 7) is 4.43. The first-order valence-electron chi connectivity index (χ1n) is 8.25. The van der Waals surface area contributed by atoms with E-state index in [1.807, 2.05) is 62.4 Å². The Bertz CT molecular complexity index is 991. The molecule has 5 heteroatoms. The smallest absolute Gasteiger partial charge is 0.142 e. The predicted octanol–water partition coefficient (Wildman–Crippen LogP) is 5.34. The van der Waals surface area contributed by atoms with Crippen molar-refractivity contribution in [1.29, 1.82) is 5.26 Å². The minimum Gasteiger partial charge on any atom is -0.493 e. The Hall–Kier alpha value is -2.84. The van der Waals surface area contributed by atoms with Gasteiger partial charge in [0.15, 0.2) is 0 Å². The summed E-state index contributed by atoms with van der Waals surface area (Å²) < 4.78 is 6.76. The molecule has 0 amide bonds. The Balaban J connectivity index is 2.32. The van der Waals surface area contributed by atoms with Crippen LogP contribution in [0.5, 0.6) is 5.75 Å². The highest BCUT2D eigenvalue weighted by Crippen LogP contribution is 2.39. The Morgan fingerprint density at radius 2 is 1.85 bits per heavy atom. The molecule has 0 saturated carbocycles. The highest BCUT2D eigenvalue weighted by molar-refractivity contribution is 9.10. The number of anilines is 1. The van der Waals surface area contributed by atoms with Crippen molar-refractivity contribution in [2.24, 2.45) is 0 Å². The van der Waals surface area contributed by atoms with Gasteiger partial charge < -0.3 is 10.5 Å². The zero-order valence-electron chi connectivity index (χ0n) is 14.6. The van der Waals surface area contributed by atoms with E-state index in [1.165, 1.54) is 0 Å². The van der Waals surface area contributed by atoms with Crippen LogP contribution in [0.25, 0.3) is 22.4 Å². The van der Waals surface area contributed by atoms with Gasteiger partial charge in [0.05, 0.1) is 12.3 Å². The number of para-hydroxylation sites is 1. The Morgan fingerprint density at radius 3 is 2.50 bits per heavy atom. The van der Waals surface area contributed by atoms with E-state index < -0.39 is 0 Å². The molecule has 0 bridgehead atoms. The monoisotopic (exact) mass is 407 g/mol. The fourth-order valence-corrected chi connectivity index (χ4v) is 3.25. The van der Waals surface area contributed by atoms with Crippen molar-refractivity contribution >= 4 is 21.7 Å². The van der Waals surface area contributed by atoms with Gasteiger partial charge in [0, 0.05) is 21.2 Å². The molecule has 2 N–H and O–H groups in total. The molecule has 3 rings (SSSR count). The maximum absolute atomic E-state index is 9.69. The molecule has 0 unspecified atom stereocenters. The molecular weight excluding hydrogens is 390 g/mol. The lowest BCUT2D eigenvalue weighted by molar-refractivity contribution is 0.341. The van der Waals surface area contributed by atoms with Crippen molar-refractivity contribution in [3.05, 3.63) is 64.1 Å². The summed E-state index contributed by atoms with van der Waals surface area (Å²) in [5.41, 5.74) is 10.7. The quantitative estimate of drug-likeness (QED) is 0.633. The van der Waals surface area contributed by atoms with E-state index in [0.717, 1.165) is 38.2 Å². The van der Waals surface area contributed by atoms with Crippen LogP contribution in [0.2, 0.25) is 0 Å². The highest BCUT2D eigenvalue weighted by atomic mass is 79.9. The first-order valence-corrected chi connectivity index (χ1v) is 9.04. The first-order chi connectivity index (χ1) is 12.6. The maximum Gasteiger partial charge on any atom is 0.142 e. The second kappa shape index (κ2) is 7.59. The van der Waals surface area contributed by atoms with Crippen LogP contribution in [0.15, 0.2) is 53.0 Å². The molecule has 0 aliphatic rings. The van der Waals surface area contributed by atoms with Crippen molar-refractivity contribution in [2.45, 2.75) is 13.8 Å². The number of rotatable bonds is 4. The molecule has 0 fully saturated rings.